The first kappa shape index (κ1) is 17.6. The number of anilines is 1. The van der Waals surface area contributed by atoms with Crippen LogP contribution < -0.4 is 4.90 Å². The fourth-order valence-electron chi connectivity index (χ4n) is 3.70. The van der Waals surface area contributed by atoms with Gasteiger partial charge in [0.25, 0.3) is 0 Å². The van der Waals surface area contributed by atoms with E-state index in [0.717, 1.165) is 18.0 Å². The van der Waals surface area contributed by atoms with E-state index in [0.29, 0.717) is 25.2 Å². The number of fused-ring (bicyclic) bond motifs is 1. The Labute approximate surface area is 153 Å². The summed E-state index contributed by atoms with van der Waals surface area (Å²) in [6.45, 7) is 2.67. The number of rotatable bonds is 3. The number of nitrogens with zero attached hydrogens (tertiary/aromatic N) is 6. The van der Waals surface area contributed by atoms with E-state index in [-0.39, 0.29) is 30.4 Å². The SMILES string of the molecule is Cc1cnc(CN2C(=O)C[C@H]3[C@@H]2CCN3c2nccc(C(F)(F)F)n2)cn1. The van der Waals surface area contributed by atoms with Crippen LogP contribution in [0.3, 0.4) is 0 Å². The summed E-state index contributed by atoms with van der Waals surface area (Å²) in [5.41, 5.74) is 0.494. The third-order valence-electron chi connectivity index (χ3n) is 4.97. The molecule has 2 aliphatic heterocycles. The van der Waals surface area contributed by atoms with Gasteiger partial charge in [-0.15, -0.1) is 0 Å². The number of carbonyl (C=O) groups is 1. The van der Waals surface area contributed by atoms with Crippen LogP contribution in [0.25, 0.3) is 0 Å². The van der Waals surface area contributed by atoms with Gasteiger partial charge in [-0.25, -0.2) is 9.97 Å². The Balaban J connectivity index is 1.54. The zero-order chi connectivity index (χ0) is 19.2. The molecule has 0 bridgehead atoms. The predicted molar refractivity (Wildman–Crippen MR) is 88.5 cm³/mol. The number of amides is 1. The number of aryl methyl sites for hydroxylation is 1. The highest BCUT2D eigenvalue weighted by molar-refractivity contribution is 5.81. The minimum absolute atomic E-state index is 0.0158. The number of hydrogen-bond acceptors (Lipinski definition) is 6. The molecule has 0 saturated carbocycles. The lowest BCUT2D eigenvalue weighted by molar-refractivity contribution is -0.141. The topological polar surface area (TPSA) is 75.1 Å². The summed E-state index contributed by atoms with van der Waals surface area (Å²) < 4.78 is 38.8. The molecule has 2 aromatic heterocycles. The van der Waals surface area contributed by atoms with E-state index in [1.54, 1.807) is 22.2 Å². The first-order valence-corrected chi connectivity index (χ1v) is 8.57. The van der Waals surface area contributed by atoms with Gasteiger partial charge in [-0.1, -0.05) is 0 Å². The highest BCUT2D eigenvalue weighted by atomic mass is 19.4. The average Bonchev–Trinajstić information content (AvgIpc) is 3.16. The number of carbonyl (C=O) groups excluding carboxylic acids is 1. The predicted octanol–water partition coefficient (Wildman–Crippen LogP) is 1.97. The monoisotopic (exact) mass is 378 g/mol. The van der Waals surface area contributed by atoms with Gasteiger partial charge in [0.1, 0.15) is 5.69 Å². The average molecular weight is 378 g/mol. The molecule has 4 heterocycles. The minimum atomic E-state index is -4.53. The van der Waals surface area contributed by atoms with Crippen molar-refractivity contribution in [3.63, 3.8) is 0 Å². The first-order chi connectivity index (χ1) is 12.8. The Hall–Kier alpha value is -2.78. The van der Waals surface area contributed by atoms with Crippen molar-refractivity contribution in [2.45, 2.75) is 44.6 Å². The number of halogens is 3. The molecule has 10 heteroatoms. The Morgan fingerprint density at radius 1 is 1.19 bits per heavy atom. The minimum Gasteiger partial charge on any atom is -0.335 e. The summed E-state index contributed by atoms with van der Waals surface area (Å²) >= 11 is 0. The molecule has 0 aromatic carbocycles. The van der Waals surface area contributed by atoms with Crippen molar-refractivity contribution < 1.29 is 18.0 Å². The standard InChI is InChI=1S/C17H17F3N6O/c1-10-7-23-11(8-22-10)9-26-12-3-5-25(13(12)6-15(26)27)16-21-4-2-14(24-16)17(18,19)20/h2,4,7-8,12-13H,3,5-6,9H2,1H3/t12-,13-/m0/s1. The molecule has 0 radical (unpaired) electrons. The summed E-state index contributed by atoms with van der Waals surface area (Å²) in [6, 6.07) is 0.511. The van der Waals surface area contributed by atoms with Gasteiger partial charge in [-0.2, -0.15) is 13.2 Å². The maximum absolute atomic E-state index is 12.9. The second kappa shape index (κ2) is 6.43. The molecular weight excluding hydrogens is 361 g/mol. The van der Waals surface area contributed by atoms with Crippen LogP contribution >= 0.6 is 0 Å². The lowest BCUT2D eigenvalue weighted by atomic mass is 10.1. The number of alkyl halides is 3. The van der Waals surface area contributed by atoms with Crippen LogP contribution in [0.15, 0.2) is 24.7 Å². The fraction of sp³-hybridized carbons (Fsp3) is 0.471. The third-order valence-corrected chi connectivity index (χ3v) is 4.97. The van der Waals surface area contributed by atoms with Gasteiger partial charge in [0, 0.05) is 25.4 Å². The number of likely N-dealkylation sites (tertiary alicyclic amines) is 1. The molecule has 7 nitrogen and oxygen atoms in total. The molecule has 2 atom stereocenters. The van der Waals surface area contributed by atoms with Crippen LogP contribution in [0, 0.1) is 6.92 Å². The van der Waals surface area contributed by atoms with E-state index in [4.69, 9.17) is 0 Å². The summed E-state index contributed by atoms with van der Waals surface area (Å²) in [7, 11) is 0. The Bertz CT molecular complexity index is 856. The van der Waals surface area contributed by atoms with E-state index in [1.807, 2.05) is 6.92 Å². The van der Waals surface area contributed by atoms with Gasteiger partial charge in [0.15, 0.2) is 0 Å². The van der Waals surface area contributed by atoms with E-state index < -0.39 is 11.9 Å². The molecule has 142 valence electrons. The number of hydrogen-bond donors (Lipinski definition) is 0. The van der Waals surface area contributed by atoms with Crippen LogP contribution in [0.2, 0.25) is 0 Å². The van der Waals surface area contributed by atoms with Crippen molar-refractivity contribution >= 4 is 11.9 Å². The third kappa shape index (κ3) is 3.31. The second-order valence-corrected chi connectivity index (χ2v) is 6.73. The maximum Gasteiger partial charge on any atom is 0.433 e. The zero-order valence-corrected chi connectivity index (χ0v) is 14.5. The molecule has 0 unspecified atom stereocenters. The molecule has 0 aliphatic carbocycles. The molecule has 2 fully saturated rings. The summed E-state index contributed by atoms with van der Waals surface area (Å²) in [5, 5.41) is 0. The van der Waals surface area contributed by atoms with Gasteiger partial charge in [-0.05, 0) is 19.4 Å². The van der Waals surface area contributed by atoms with Gasteiger partial charge in [0.05, 0.1) is 36.2 Å². The molecular formula is C17H17F3N6O. The normalized spacial score (nSPS) is 22.4. The maximum atomic E-state index is 12.9. The fourth-order valence-corrected chi connectivity index (χ4v) is 3.70. The second-order valence-electron chi connectivity index (χ2n) is 6.73. The first-order valence-electron chi connectivity index (χ1n) is 8.57. The quantitative estimate of drug-likeness (QED) is 0.813. The van der Waals surface area contributed by atoms with Gasteiger partial charge < -0.3 is 9.80 Å². The van der Waals surface area contributed by atoms with E-state index in [9.17, 15) is 18.0 Å². The van der Waals surface area contributed by atoms with E-state index in [1.165, 1.54) is 0 Å². The van der Waals surface area contributed by atoms with Crippen molar-refractivity contribution in [1.82, 2.24) is 24.8 Å². The summed E-state index contributed by atoms with van der Waals surface area (Å²) in [6.07, 6.45) is 0.732. The molecule has 0 spiro atoms. The lowest BCUT2D eigenvalue weighted by Crippen LogP contribution is -2.37. The highest BCUT2D eigenvalue weighted by Gasteiger charge is 2.48. The largest absolute Gasteiger partial charge is 0.433 e. The van der Waals surface area contributed by atoms with Gasteiger partial charge >= 0.3 is 6.18 Å². The number of aromatic nitrogens is 4. The van der Waals surface area contributed by atoms with Crippen LogP contribution in [0.4, 0.5) is 19.1 Å². The Kier molecular flexibility index (Phi) is 4.20. The van der Waals surface area contributed by atoms with Crippen molar-refractivity contribution in [2.75, 3.05) is 11.4 Å². The molecule has 2 aromatic rings. The summed E-state index contributed by atoms with van der Waals surface area (Å²) in [5.74, 6) is -0.0360. The van der Waals surface area contributed by atoms with Gasteiger partial charge in [-0.3, -0.25) is 14.8 Å². The van der Waals surface area contributed by atoms with Crippen molar-refractivity contribution in [2.24, 2.45) is 0 Å². The molecule has 2 saturated heterocycles. The lowest BCUT2D eigenvalue weighted by Gasteiger charge is -2.25. The van der Waals surface area contributed by atoms with Crippen LogP contribution in [0.1, 0.15) is 29.9 Å². The Morgan fingerprint density at radius 2 is 2.00 bits per heavy atom. The molecule has 27 heavy (non-hydrogen) atoms. The van der Waals surface area contributed by atoms with Crippen molar-refractivity contribution in [3.8, 4) is 0 Å². The molecule has 4 rings (SSSR count). The van der Waals surface area contributed by atoms with E-state index >= 15 is 0 Å². The zero-order valence-electron chi connectivity index (χ0n) is 14.5. The van der Waals surface area contributed by atoms with Crippen LogP contribution in [0.5, 0.6) is 0 Å². The van der Waals surface area contributed by atoms with Gasteiger partial charge in [0.2, 0.25) is 11.9 Å². The molecule has 1 amide bonds. The summed E-state index contributed by atoms with van der Waals surface area (Å²) in [4.78, 5) is 32.1. The van der Waals surface area contributed by atoms with Crippen LogP contribution in [-0.4, -0.2) is 49.4 Å². The van der Waals surface area contributed by atoms with Crippen molar-refractivity contribution in [3.05, 3.63) is 41.7 Å². The Morgan fingerprint density at radius 3 is 2.70 bits per heavy atom. The molecule has 0 N–H and O–H groups in total. The highest BCUT2D eigenvalue weighted by Crippen LogP contribution is 2.36. The van der Waals surface area contributed by atoms with E-state index in [2.05, 4.69) is 19.9 Å². The van der Waals surface area contributed by atoms with Crippen molar-refractivity contribution in [1.29, 1.82) is 0 Å². The molecule has 2 aliphatic rings. The van der Waals surface area contributed by atoms with Crippen LogP contribution in [-0.2, 0) is 17.5 Å². The smallest absolute Gasteiger partial charge is 0.335 e.